The molecule has 1 aromatic carbocycles. The van der Waals surface area contributed by atoms with Crippen LogP contribution in [0.25, 0.3) is 11.0 Å². The minimum Gasteiger partial charge on any atom is -0.363 e. The summed E-state index contributed by atoms with van der Waals surface area (Å²) in [5.41, 5.74) is 0.185. The Balaban J connectivity index is 1.47. The van der Waals surface area contributed by atoms with Crippen LogP contribution in [0.2, 0.25) is 0 Å². The van der Waals surface area contributed by atoms with Crippen molar-refractivity contribution in [1.29, 1.82) is 0 Å². The number of carbonyl (C=O) groups is 1. The van der Waals surface area contributed by atoms with Gasteiger partial charge in [0.05, 0.1) is 17.0 Å². The number of alkyl halides is 2. The van der Waals surface area contributed by atoms with Crippen molar-refractivity contribution in [2.75, 3.05) is 29.9 Å². The summed E-state index contributed by atoms with van der Waals surface area (Å²) < 4.78 is 67.9. The number of nitrogens with zero attached hydrogens (tertiary/aromatic N) is 3. The number of hydrogen-bond acceptors (Lipinski definition) is 8. The molecule has 0 bridgehead atoms. The smallest absolute Gasteiger partial charge is 0.276 e. The van der Waals surface area contributed by atoms with Crippen molar-refractivity contribution in [1.82, 2.24) is 19.9 Å². The van der Waals surface area contributed by atoms with Crippen LogP contribution in [0.3, 0.4) is 0 Å². The molecule has 4 heterocycles. The molecule has 246 valence electrons. The summed E-state index contributed by atoms with van der Waals surface area (Å²) in [5.74, 6) is -3.88. The molecule has 4 N–H and O–H groups in total. The second-order valence-corrected chi connectivity index (χ2v) is 14.8. The number of nitrogens with one attached hydrogen (secondary N) is 2. The maximum absolute atomic E-state index is 15.7. The summed E-state index contributed by atoms with van der Waals surface area (Å²) in [4.78, 5) is 33.3. The first kappa shape index (κ1) is 33.4. The van der Waals surface area contributed by atoms with Gasteiger partial charge in [0.25, 0.3) is 11.5 Å². The minimum atomic E-state index is -3.31. The Morgan fingerprint density at radius 1 is 1.16 bits per heavy atom. The summed E-state index contributed by atoms with van der Waals surface area (Å²) in [6.07, 6.45) is 6.33. The standard InChI is InChI=1S/C32H42F3N5O4S/c1-21(24-8-7-9-27(28(24)33)32(34,35)17-22-18-36-19-22)39-29-26-16-25(23-10-14-45(43,44)15-11-23)31(42)40(30(26)38-20-37-29)12-5-3-2-4-6-13-41/h7-9,13,16,20-23,36,43-44H,2-6,10-12,14-15,17-19H2,1H3,(H,37,38,39). The zero-order valence-corrected chi connectivity index (χ0v) is 26.3. The van der Waals surface area contributed by atoms with Gasteiger partial charge in [-0.15, -0.1) is 0 Å². The molecule has 0 spiro atoms. The highest BCUT2D eigenvalue weighted by molar-refractivity contribution is 8.24. The van der Waals surface area contributed by atoms with Gasteiger partial charge in [-0.1, -0.05) is 31.0 Å². The molecular weight excluding hydrogens is 607 g/mol. The predicted molar refractivity (Wildman–Crippen MR) is 171 cm³/mol. The van der Waals surface area contributed by atoms with E-state index in [1.54, 1.807) is 17.6 Å². The van der Waals surface area contributed by atoms with E-state index < -0.39 is 40.4 Å². The summed E-state index contributed by atoms with van der Waals surface area (Å²) in [7, 11) is -2.66. The lowest BCUT2D eigenvalue weighted by Gasteiger charge is -2.39. The van der Waals surface area contributed by atoms with Crippen LogP contribution < -0.4 is 16.2 Å². The van der Waals surface area contributed by atoms with Crippen molar-refractivity contribution < 1.29 is 27.1 Å². The zero-order valence-electron chi connectivity index (χ0n) is 25.5. The van der Waals surface area contributed by atoms with Gasteiger partial charge in [0.15, 0.2) is 0 Å². The summed E-state index contributed by atoms with van der Waals surface area (Å²) in [5, 5.41) is 6.71. The lowest BCUT2D eigenvalue weighted by molar-refractivity contribution is -0.107. The molecule has 2 aliphatic heterocycles. The summed E-state index contributed by atoms with van der Waals surface area (Å²) >= 11 is 0. The van der Waals surface area contributed by atoms with E-state index in [0.29, 0.717) is 67.7 Å². The molecule has 9 nitrogen and oxygen atoms in total. The highest BCUT2D eigenvalue weighted by Crippen LogP contribution is 2.48. The average Bonchev–Trinajstić information content (AvgIpc) is 2.98. The van der Waals surface area contributed by atoms with E-state index >= 15 is 13.2 Å². The van der Waals surface area contributed by atoms with Crippen molar-refractivity contribution >= 4 is 33.7 Å². The Morgan fingerprint density at radius 2 is 1.89 bits per heavy atom. The highest BCUT2D eigenvalue weighted by atomic mass is 32.3. The van der Waals surface area contributed by atoms with Gasteiger partial charge in [0, 0.05) is 42.0 Å². The number of anilines is 1. The first-order chi connectivity index (χ1) is 21.5. The van der Waals surface area contributed by atoms with Crippen LogP contribution in [0.15, 0.2) is 35.4 Å². The molecule has 0 aliphatic carbocycles. The fourth-order valence-electron chi connectivity index (χ4n) is 6.30. The maximum Gasteiger partial charge on any atom is 0.276 e. The molecule has 3 aromatic rings. The Bertz CT molecular complexity index is 1560. The van der Waals surface area contributed by atoms with Crippen molar-refractivity contribution in [2.45, 2.75) is 82.7 Å². The first-order valence-electron chi connectivity index (χ1n) is 15.7. The number of carbonyl (C=O) groups excluding carboxylic acids is 1. The number of unbranched alkanes of at least 4 members (excludes halogenated alkanes) is 4. The van der Waals surface area contributed by atoms with Crippen molar-refractivity contribution in [2.24, 2.45) is 5.92 Å². The number of halogens is 3. The van der Waals surface area contributed by atoms with Crippen LogP contribution in [0.1, 0.15) is 86.9 Å². The fraction of sp³-hybridized carbons (Fsp3) is 0.562. The maximum atomic E-state index is 15.7. The van der Waals surface area contributed by atoms with E-state index in [1.807, 2.05) is 0 Å². The zero-order chi connectivity index (χ0) is 32.2. The Hall–Kier alpha value is -3.00. The quantitative estimate of drug-likeness (QED) is 0.114. The van der Waals surface area contributed by atoms with E-state index in [2.05, 4.69) is 20.6 Å². The molecule has 1 unspecified atom stereocenters. The van der Waals surface area contributed by atoms with Crippen LogP contribution >= 0.6 is 10.6 Å². The summed E-state index contributed by atoms with van der Waals surface area (Å²) in [6, 6.07) is 5.06. The summed E-state index contributed by atoms with van der Waals surface area (Å²) in [6.45, 7) is 3.05. The number of fused-ring (bicyclic) bond motifs is 1. The third-order valence-corrected chi connectivity index (χ3v) is 10.8. The Morgan fingerprint density at radius 3 is 2.58 bits per heavy atom. The lowest BCUT2D eigenvalue weighted by atomic mass is 9.90. The van der Waals surface area contributed by atoms with E-state index in [4.69, 9.17) is 0 Å². The number of benzene rings is 1. The fourth-order valence-corrected chi connectivity index (χ4v) is 7.83. The third kappa shape index (κ3) is 7.70. The largest absolute Gasteiger partial charge is 0.363 e. The number of aldehydes is 1. The van der Waals surface area contributed by atoms with Crippen LogP contribution in [0.4, 0.5) is 19.0 Å². The van der Waals surface area contributed by atoms with Crippen LogP contribution in [-0.2, 0) is 17.3 Å². The molecular formula is C32H42F3N5O4S. The van der Waals surface area contributed by atoms with Crippen LogP contribution in [0.5, 0.6) is 0 Å². The van der Waals surface area contributed by atoms with Gasteiger partial charge < -0.3 is 15.4 Å². The number of aromatic nitrogens is 3. The molecule has 2 aromatic heterocycles. The molecule has 0 radical (unpaired) electrons. The predicted octanol–water partition coefficient (Wildman–Crippen LogP) is 6.58. The highest BCUT2D eigenvalue weighted by Gasteiger charge is 2.39. The van der Waals surface area contributed by atoms with Crippen LogP contribution in [-0.4, -0.2) is 54.5 Å². The first-order valence-corrected chi connectivity index (χ1v) is 17.6. The van der Waals surface area contributed by atoms with E-state index in [-0.39, 0.29) is 34.5 Å². The molecule has 0 saturated carbocycles. The number of pyridine rings is 1. The van der Waals surface area contributed by atoms with Gasteiger partial charge in [-0.25, -0.2) is 23.1 Å². The number of rotatable bonds is 14. The Kier molecular flexibility index (Phi) is 10.5. The van der Waals surface area contributed by atoms with Gasteiger partial charge in [0.1, 0.15) is 29.9 Å². The van der Waals surface area contributed by atoms with Gasteiger partial charge in [0.2, 0.25) is 0 Å². The monoisotopic (exact) mass is 649 g/mol. The third-order valence-electron chi connectivity index (χ3n) is 9.04. The molecule has 0 amide bonds. The van der Waals surface area contributed by atoms with Gasteiger partial charge in [-0.05, 0) is 63.6 Å². The number of hydrogen-bond donors (Lipinski definition) is 4. The SMILES string of the molecule is CC(Nc1ncnc2c1cc(C1CCS(O)(O)CC1)c(=O)n2CCCCCCC=O)c1cccc(C(F)(F)CC2CNC2)c1F. The second-order valence-electron chi connectivity index (χ2n) is 12.4. The molecule has 13 heteroatoms. The normalized spacial score (nSPS) is 18.8. The van der Waals surface area contributed by atoms with Crippen molar-refractivity contribution in [3.8, 4) is 0 Å². The van der Waals surface area contributed by atoms with Crippen molar-refractivity contribution in [3.63, 3.8) is 0 Å². The van der Waals surface area contributed by atoms with E-state index in [0.717, 1.165) is 31.6 Å². The lowest BCUT2D eigenvalue weighted by Crippen LogP contribution is -2.44. The van der Waals surface area contributed by atoms with Crippen molar-refractivity contribution in [3.05, 3.63) is 63.5 Å². The minimum absolute atomic E-state index is 0.0760. The van der Waals surface area contributed by atoms with Crippen LogP contribution in [0, 0.1) is 11.7 Å². The topological polar surface area (TPSA) is 129 Å². The molecule has 5 rings (SSSR count). The molecule has 1 atom stereocenters. The van der Waals surface area contributed by atoms with Gasteiger partial charge in [-0.2, -0.15) is 10.6 Å². The molecule has 45 heavy (non-hydrogen) atoms. The molecule has 2 fully saturated rings. The molecule has 2 aliphatic rings. The average molecular weight is 650 g/mol. The van der Waals surface area contributed by atoms with Gasteiger partial charge in [-0.3, -0.25) is 18.5 Å². The second kappa shape index (κ2) is 14.2. The molecule has 2 saturated heterocycles. The number of aryl methyl sites for hydroxylation is 1. The van der Waals surface area contributed by atoms with E-state index in [9.17, 15) is 18.7 Å². The van der Waals surface area contributed by atoms with Gasteiger partial charge >= 0.3 is 0 Å². The van der Waals surface area contributed by atoms with E-state index in [1.165, 1.54) is 18.5 Å². The Labute approximate surface area is 262 Å².